The number of hydrogen-bond acceptors (Lipinski definition) is 2. The lowest BCUT2D eigenvalue weighted by atomic mass is 10.4. The van der Waals surface area contributed by atoms with Crippen LogP contribution in [0.1, 0.15) is 6.92 Å². The molecule has 0 aromatic carbocycles. The predicted octanol–water partition coefficient (Wildman–Crippen LogP) is 0.131. The van der Waals surface area contributed by atoms with Crippen LogP contribution in [0.4, 0.5) is 0 Å². The minimum Gasteiger partial charge on any atom is -0.397 e. The lowest BCUT2D eigenvalue weighted by molar-refractivity contribution is 1.04. The van der Waals surface area contributed by atoms with Crippen molar-refractivity contribution in [3.63, 3.8) is 0 Å². The van der Waals surface area contributed by atoms with E-state index >= 15 is 0 Å². The maximum absolute atomic E-state index is 3.74. The first kappa shape index (κ1) is 5.43. The van der Waals surface area contributed by atoms with Crippen LogP contribution in [0.3, 0.4) is 0 Å². The zero-order chi connectivity index (χ0) is 5.98. The van der Waals surface area contributed by atoms with Gasteiger partial charge >= 0.3 is 9.84 Å². The van der Waals surface area contributed by atoms with Crippen LogP contribution >= 0.6 is 0 Å². The molecule has 0 bridgehead atoms. The SMILES string of the molecule is C=C1C=C(C)N[Si]N1. The fourth-order valence-corrected chi connectivity index (χ4v) is 1.11. The molecule has 2 N–H and O–H groups in total. The summed E-state index contributed by atoms with van der Waals surface area (Å²) >= 11 is 0. The molecule has 2 nitrogen and oxygen atoms in total. The third-order valence-corrected chi connectivity index (χ3v) is 1.84. The van der Waals surface area contributed by atoms with Gasteiger partial charge in [-0.15, -0.1) is 0 Å². The molecule has 0 amide bonds. The Hall–Kier alpha value is -0.703. The van der Waals surface area contributed by atoms with E-state index in [1.54, 1.807) is 0 Å². The number of allylic oxidation sites excluding steroid dienone is 2. The van der Waals surface area contributed by atoms with Crippen LogP contribution in [0, 0.1) is 0 Å². The van der Waals surface area contributed by atoms with Crippen molar-refractivity contribution < 1.29 is 0 Å². The highest BCUT2D eigenvalue weighted by molar-refractivity contribution is 6.30. The maximum Gasteiger partial charge on any atom is 0.326 e. The average Bonchev–Trinajstić information content (AvgIpc) is 1.64. The third kappa shape index (κ3) is 1.13. The molecular formula is C5H8N2Si. The van der Waals surface area contributed by atoms with Crippen LogP contribution in [0.5, 0.6) is 0 Å². The summed E-state index contributed by atoms with van der Waals surface area (Å²) in [6.07, 6.45) is 1.98. The van der Waals surface area contributed by atoms with E-state index in [0.29, 0.717) is 9.84 Å². The van der Waals surface area contributed by atoms with Gasteiger partial charge in [-0.3, -0.25) is 0 Å². The van der Waals surface area contributed by atoms with Crippen LogP contribution in [0.15, 0.2) is 24.0 Å². The lowest BCUT2D eigenvalue weighted by Crippen LogP contribution is -2.34. The Morgan fingerprint density at radius 1 is 1.62 bits per heavy atom. The largest absolute Gasteiger partial charge is 0.397 e. The molecule has 0 unspecified atom stereocenters. The van der Waals surface area contributed by atoms with Crippen molar-refractivity contribution in [2.24, 2.45) is 0 Å². The van der Waals surface area contributed by atoms with Gasteiger partial charge < -0.3 is 9.96 Å². The Morgan fingerprint density at radius 2 is 2.38 bits per heavy atom. The van der Waals surface area contributed by atoms with Gasteiger partial charge in [-0.1, -0.05) is 6.58 Å². The van der Waals surface area contributed by atoms with E-state index in [1.807, 2.05) is 13.0 Å². The number of hydrogen-bond donors (Lipinski definition) is 2. The van der Waals surface area contributed by atoms with Crippen molar-refractivity contribution in [2.75, 3.05) is 0 Å². The standard InChI is InChI=1S/C5H8N2Si/c1-4-3-5(2)7-8-6-4/h3,6-7H,1H2,2H3. The summed E-state index contributed by atoms with van der Waals surface area (Å²) in [7, 11) is 0.595. The van der Waals surface area contributed by atoms with E-state index in [-0.39, 0.29) is 0 Å². The van der Waals surface area contributed by atoms with E-state index in [4.69, 9.17) is 0 Å². The van der Waals surface area contributed by atoms with E-state index in [2.05, 4.69) is 16.5 Å². The van der Waals surface area contributed by atoms with Crippen LogP contribution in [0.25, 0.3) is 0 Å². The van der Waals surface area contributed by atoms with E-state index < -0.39 is 0 Å². The first-order chi connectivity index (χ1) is 3.79. The minimum atomic E-state index is 0.595. The van der Waals surface area contributed by atoms with Gasteiger partial charge in [-0.05, 0) is 13.0 Å². The molecule has 8 heavy (non-hydrogen) atoms. The second-order valence-electron chi connectivity index (χ2n) is 1.73. The molecule has 0 saturated heterocycles. The predicted molar refractivity (Wildman–Crippen MR) is 34.9 cm³/mol. The minimum absolute atomic E-state index is 0.595. The van der Waals surface area contributed by atoms with E-state index in [0.717, 1.165) is 5.70 Å². The zero-order valence-corrected chi connectivity index (χ0v) is 5.78. The smallest absolute Gasteiger partial charge is 0.326 e. The summed E-state index contributed by atoms with van der Waals surface area (Å²) in [5, 5.41) is 0. The Kier molecular flexibility index (Phi) is 1.39. The molecular weight excluding hydrogens is 116 g/mol. The van der Waals surface area contributed by atoms with Gasteiger partial charge in [-0.2, -0.15) is 0 Å². The van der Waals surface area contributed by atoms with Gasteiger partial charge in [0.15, 0.2) is 0 Å². The molecule has 0 spiro atoms. The summed E-state index contributed by atoms with van der Waals surface area (Å²) < 4.78 is 0. The Bertz CT molecular complexity index is 139. The molecule has 0 atom stereocenters. The van der Waals surface area contributed by atoms with E-state index in [9.17, 15) is 0 Å². The monoisotopic (exact) mass is 124 g/mol. The molecule has 3 heteroatoms. The fraction of sp³-hybridized carbons (Fsp3) is 0.200. The molecule has 1 rings (SSSR count). The highest BCUT2D eigenvalue weighted by atomic mass is 28.2. The fourth-order valence-electron chi connectivity index (χ4n) is 0.544. The normalized spacial score (nSPS) is 18.6. The van der Waals surface area contributed by atoms with Gasteiger partial charge in [0.05, 0.1) is 0 Å². The Labute approximate surface area is 51.6 Å². The van der Waals surface area contributed by atoms with Crippen molar-refractivity contribution >= 4 is 9.84 Å². The van der Waals surface area contributed by atoms with E-state index in [1.165, 1.54) is 5.70 Å². The Balaban J connectivity index is 2.64. The second-order valence-corrected chi connectivity index (χ2v) is 2.48. The molecule has 0 fully saturated rings. The van der Waals surface area contributed by atoms with Gasteiger partial charge in [0.2, 0.25) is 0 Å². The number of rotatable bonds is 0. The first-order valence-electron chi connectivity index (χ1n) is 2.43. The molecule has 1 aliphatic rings. The van der Waals surface area contributed by atoms with Crippen molar-refractivity contribution in [3.05, 3.63) is 24.0 Å². The van der Waals surface area contributed by atoms with Crippen molar-refractivity contribution in [2.45, 2.75) is 6.92 Å². The summed E-state index contributed by atoms with van der Waals surface area (Å²) in [6, 6.07) is 0. The first-order valence-corrected chi connectivity index (χ1v) is 3.43. The van der Waals surface area contributed by atoms with Crippen molar-refractivity contribution in [3.8, 4) is 0 Å². The summed E-state index contributed by atoms with van der Waals surface area (Å²) in [5.74, 6) is 0. The quantitative estimate of drug-likeness (QED) is 0.449. The zero-order valence-electron chi connectivity index (χ0n) is 4.78. The maximum atomic E-state index is 3.74. The molecule has 1 aliphatic heterocycles. The number of nitrogens with one attached hydrogen (secondary N) is 2. The van der Waals surface area contributed by atoms with Gasteiger partial charge in [0.25, 0.3) is 0 Å². The Morgan fingerprint density at radius 3 is 2.75 bits per heavy atom. The highest BCUT2D eigenvalue weighted by Crippen LogP contribution is 1.95. The van der Waals surface area contributed by atoms with Crippen LogP contribution in [-0.4, -0.2) is 9.84 Å². The van der Waals surface area contributed by atoms with Crippen LogP contribution in [0.2, 0.25) is 0 Å². The molecule has 42 valence electrons. The van der Waals surface area contributed by atoms with Gasteiger partial charge in [0.1, 0.15) is 0 Å². The molecule has 0 saturated carbocycles. The van der Waals surface area contributed by atoms with Gasteiger partial charge in [-0.25, -0.2) is 0 Å². The average molecular weight is 124 g/mol. The third-order valence-electron chi connectivity index (χ3n) is 0.873. The van der Waals surface area contributed by atoms with Crippen molar-refractivity contribution in [1.82, 2.24) is 9.96 Å². The lowest BCUT2D eigenvalue weighted by Gasteiger charge is -2.13. The topological polar surface area (TPSA) is 24.1 Å². The molecule has 0 aliphatic carbocycles. The molecule has 2 radical (unpaired) electrons. The molecule has 0 aromatic rings. The summed E-state index contributed by atoms with van der Waals surface area (Å²) in [5.41, 5.74) is 2.19. The van der Waals surface area contributed by atoms with Crippen molar-refractivity contribution in [1.29, 1.82) is 0 Å². The van der Waals surface area contributed by atoms with Crippen LogP contribution in [-0.2, 0) is 0 Å². The summed E-state index contributed by atoms with van der Waals surface area (Å²) in [6.45, 7) is 5.77. The molecule has 1 heterocycles. The van der Waals surface area contributed by atoms with Gasteiger partial charge in [0, 0.05) is 11.4 Å². The highest BCUT2D eigenvalue weighted by Gasteiger charge is 1.98. The molecule has 0 aromatic heterocycles. The van der Waals surface area contributed by atoms with Crippen LogP contribution < -0.4 is 9.96 Å². The summed E-state index contributed by atoms with van der Waals surface area (Å²) in [4.78, 5) is 6.19. The second kappa shape index (κ2) is 2.04.